The highest BCUT2D eigenvalue weighted by Crippen LogP contribution is 2.33. The van der Waals surface area contributed by atoms with Gasteiger partial charge in [-0.3, -0.25) is 0 Å². The fourth-order valence-corrected chi connectivity index (χ4v) is 3.56. The van der Waals surface area contributed by atoms with Gasteiger partial charge in [-0.25, -0.2) is 0 Å². The van der Waals surface area contributed by atoms with Gasteiger partial charge in [0, 0.05) is 31.0 Å². The second kappa shape index (κ2) is 8.27. The average molecular weight is 347 g/mol. The maximum absolute atomic E-state index is 4.16. The van der Waals surface area contributed by atoms with Crippen LogP contribution in [0.3, 0.4) is 0 Å². The number of aryl methyl sites for hydroxylation is 1. The summed E-state index contributed by atoms with van der Waals surface area (Å²) in [4.78, 5) is 2.40. The Morgan fingerprint density at radius 2 is 1.92 bits per heavy atom. The van der Waals surface area contributed by atoms with Crippen molar-refractivity contribution in [2.45, 2.75) is 38.6 Å². The molecule has 0 aliphatic carbocycles. The van der Waals surface area contributed by atoms with Crippen molar-refractivity contribution >= 4 is 11.4 Å². The Labute approximate surface area is 158 Å². The standard InChI is InChI=1S/C24H30N2/c1-5-6-7-16-25-19(3)20-10-12-21(13-11-20)22-14-15-24-23(17-22)9-8-18(2)26(24)4/h5,10-15,17-18,25H,1,3,6-9,16H2,2,4H3/t18-/m0/s1. The lowest BCUT2D eigenvalue weighted by atomic mass is 9.93. The number of anilines is 1. The van der Waals surface area contributed by atoms with E-state index in [4.69, 9.17) is 0 Å². The smallest absolute Gasteiger partial charge is 0.0399 e. The summed E-state index contributed by atoms with van der Waals surface area (Å²) in [6, 6.07) is 16.2. The maximum atomic E-state index is 4.16. The summed E-state index contributed by atoms with van der Waals surface area (Å²) >= 11 is 0. The second-order valence-electron chi connectivity index (χ2n) is 7.26. The Kier molecular flexibility index (Phi) is 5.82. The first kappa shape index (κ1) is 18.3. The van der Waals surface area contributed by atoms with Gasteiger partial charge in [0.2, 0.25) is 0 Å². The van der Waals surface area contributed by atoms with Crippen LogP contribution >= 0.6 is 0 Å². The van der Waals surface area contributed by atoms with Gasteiger partial charge in [0.05, 0.1) is 0 Å². The van der Waals surface area contributed by atoms with Crippen molar-refractivity contribution in [3.63, 3.8) is 0 Å². The molecule has 1 heterocycles. The number of fused-ring (bicyclic) bond motifs is 1. The van der Waals surface area contributed by atoms with E-state index in [-0.39, 0.29) is 0 Å². The van der Waals surface area contributed by atoms with E-state index in [1.807, 2.05) is 6.08 Å². The highest BCUT2D eigenvalue weighted by molar-refractivity contribution is 5.72. The third kappa shape index (κ3) is 4.01. The molecule has 0 amide bonds. The first-order valence-corrected chi connectivity index (χ1v) is 9.60. The Morgan fingerprint density at radius 1 is 1.19 bits per heavy atom. The molecule has 3 rings (SSSR count). The number of benzene rings is 2. The van der Waals surface area contributed by atoms with E-state index < -0.39 is 0 Å². The SMILES string of the molecule is C=CCCCNC(=C)c1ccc(-c2ccc3c(c2)CC[C@H](C)N3C)cc1. The lowest BCUT2D eigenvalue weighted by Crippen LogP contribution is -2.33. The summed E-state index contributed by atoms with van der Waals surface area (Å²) in [6.07, 6.45) is 6.46. The predicted octanol–water partition coefficient (Wildman–Crippen LogP) is 5.65. The van der Waals surface area contributed by atoms with E-state index in [1.54, 1.807) is 0 Å². The fraction of sp³-hybridized carbons (Fsp3) is 0.333. The van der Waals surface area contributed by atoms with Crippen LogP contribution < -0.4 is 10.2 Å². The van der Waals surface area contributed by atoms with Crippen molar-refractivity contribution in [3.05, 3.63) is 72.8 Å². The van der Waals surface area contributed by atoms with Crippen LogP contribution in [0.25, 0.3) is 16.8 Å². The van der Waals surface area contributed by atoms with Crippen LogP contribution in [0.2, 0.25) is 0 Å². The lowest BCUT2D eigenvalue weighted by molar-refractivity contribution is 0.598. The van der Waals surface area contributed by atoms with E-state index in [1.165, 1.54) is 28.8 Å². The van der Waals surface area contributed by atoms with Gasteiger partial charge in [0.15, 0.2) is 0 Å². The molecular weight excluding hydrogens is 316 g/mol. The summed E-state index contributed by atoms with van der Waals surface area (Å²) in [5.74, 6) is 0. The zero-order valence-corrected chi connectivity index (χ0v) is 16.1. The fourth-order valence-electron chi connectivity index (χ4n) is 3.56. The van der Waals surface area contributed by atoms with Crippen molar-refractivity contribution < 1.29 is 0 Å². The summed E-state index contributed by atoms with van der Waals surface area (Å²) in [5, 5.41) is 3.40. The number of nitrogens with one attached hydrogen (secondary N) is 1. The van der Waals surface area contributed by atoms with Crippen LogP contribution in [0, 0.1) is 0 Å². The maximum Gasteiger partial charge on any atom is 0.0399 e. The summed E-state index contributed by atoms with van der Waals surface area (Å²) in [6.45, 7) is 11.1. The molecule has 0 fully saturated rings. The van der Waals surface area contributed by atoms with Crippen LogP contribution in [0.5, 0.6) is 0 Å². The van der Waals surface area contributed by atoms with Gasteiger partial charge in [-0.1, -0.05) is 43.0 Å². The number of rotatable bonds is 7. The quantitative estimate of drug-likeness (QED) is 0.515. The van der Waals surface area contributed by atoms with Crippen LogP contribution in [0.15, 0.2) is 61.7 Å². The van der Waals surface area contributed by atoms with Gasteiger partial charge in [-0.05, 0) is 67.0 Å². The molecule has 136 valence electrons. The first-order chi connectivity index (χ1) is 12.6. The monoisotopic (exact) mass is 346 g/mol. The van der Waals surface area contributed by atoms with E-state index in [9.17, 15) is 0 Å². The normalized spacial score (nSPS) is 16.1. The van der Waals surface area contributed by atoms with Crippen LogP contribution in [-0.2, 0) is 6.42 Å². The number of allylic oxidation sites excluding steroid dienone is 1. The zero-order valence-electron chi connectivity index (χ0n) is 16.1. The second-order valence-corrected chi connectivity index (χ2v) is 7.26. The Balaban J connectivity index is 1.71. The first-order valence-electron chi connectivity index (χ1n) is 9.60. The highest BCUT2D eigenvalue weighted by atomic mass is 15.1. The van der Waals surface area contributed by atoms with Crippen LogP contribution in [0.4, 0.5) is 5.69 Å². The van der Waals surface area contributed by atoms with Crippen molar-refractivity contribution in [1.29, 1.82) is 0 Å². The zero-order chi connectivity index (χ0) is 18.5. The molecule has 2 nitrogen and oxygen atoms in total. The van der Waals surface area contributed by atoms with Crippen LogP contribution in [0.1, 0.15) is 37.3 Å². The van der Waals surface area contributed by atoms with E-state index in [0.717, 1.165) is 37.1 Å². The summed E-state index contributed by atoms with van der Waals surface area (Å²) in [5.41, 5.74) is 7.53. The molecule has 1 aliphatic heterocycles. The Hall–Kier alpha value is -2.48. The molecule has 0 saturated heterocycles. The van der Waals surface area contributed by atoms with Crippen molar-refractivity contribution in [3.8, 4) is 11.1 Å². The molecule has 0 aromatic heterocycles. The van der Waals surface area contributed by atoms with Crippen molar-refractivity contribution in [2.75, 3.05) is 18.5 Å². The number of hydrogen-bond donors (Lipinski definition) is 1. The molecule has 2 aromatic rings. The predicted molar refractivity (Wildman–Crippen MR) is 115 cm³/mol. The topological polar surface area (TPSA) is 15.3 Å². The highest BCUT2D eigenvalue weighted by Gasteiger charge is 2.19. The molecule has 2 heteroatoms. The molecule has 2 aromatic carbocycles. The molecule has 1 N–H and O–H groups in total. The molecule has 0 saturated carbocycles. The molecule has 1 aliphatic rings. The molecule has 0 radical (unpaired) electrons. The molecule has 26 heavy (non-hydrogen) atoms. The van der Waals surface area contributed by atoms with Gasteiger partial charge < -0.3 is 10.2 Å². The molecule has 0 unspecified atom stereocenters. The molecule has 1 atom stereocenters. The van der Waals surface area contributed by atoms with Gasteiger partial charge in [-0.15, -0.1) is 6.58 Å². The molecular formula is C24H30N2. The minimum atomic E-state index is 0.623. The van der Waals surface area contributed by atoms with E-state index in [2.05, 4.69) is 79.8 Å². The van der Waals surface area contributed by atoms with E-state index >= 15 is 0 Å². The third-order valence-corrected chi connectivity index (χ3v) is 5.44. The molecule has 0 spiro atoms. The minimum absolute atomic E-state index is 0.623. The summed E-state index contributed by atoms with van der Waals surface area (Å²) < 4.78 is 0. The number of nitrogens with zero attached hydrogens (tertiary/aromatic N) is 1. The van der Waals surface area contributed by atoms with Crippen molar-refractivity contribution in [1.82, 2.24) is 5.32 Å². The number of hydrogen-bond acceptors (Lipinski definition) is 2. The minimum Gasteiger partial charge on any atom is -0.385 e. The molecule has 0 bridgehead atoms. The number of unbranched alkanes of at least 4 members (excludes halogenated alkanes) is 1. The summed E-state index contributed by atoms with van der Waals surface area (Å²) in [7, 11) is 2.20. The third-order valence-electron chi connectivity index (χ3n) is 5.44. The Morgan fingerprint density at radius 3 is 2.65 bits per heavy atom. The largest absolute Gasteiger partial charge is 0.385 e. The lowest BCUT2D eigenvalue weighted by Gasteiger charge is -2.34. The Bertz CT molecular complexity index is 773. The van der Waals surface area contributed by atoms with Gasteiger partial charge in [-0.2, -0.15) is 0 Å². The van der Waals surface area contributed by atoms with E-state index in [0.29, 0.717) is 6.04 Å². The van der Waals surface area contributed by atoms with Gasteiger partial charge in [0.1, 0.15) is 0 Å². The average Bonchev–Trinajstić information content (AvgIpc) is 2.68. The van der Waals surface area contributed by atoms with Crippen molar-refractivity contribution in [2.24, 2.45) is 0 Å². The van der Waals surface area contributed by atoms with Gasteiger partial charge in [0.25, 0.3) is 0 Å². The van der Waals surface area contributed by atoms with Crippen LogP contribution in [-0.4, -0.2) is 19.6 Å². The van der Waals surface area contributed by atoms with Gasteiger partial charge >= 0.3 is 0 Å².